The Morgan fingerprint density at radius 3 is 2.07 bits per heavy atom. The summed E-state index contributed by atoms with van der Waals surface area (Å²) in [5.41, 5.74) is 0. The minimum absolute atomic E-state index is 1.08. The molecule has 14 heavy (non-hydrogen) atoms. The summed E-state index contributed by atoms with van der Waals surface area (Å²) in [7, 11) is 0. The average Bonchev–Trinajstić information content (AvgIpc) is 2.46. The smallest absolute Gasteiger partial charge is 0.0414 e. The van der Waals surface area contributed by atoms with Gasteiger partial charge in [-0.2, -0.15) is 0 Å². The molecule has 1 radical (unpaired) electrons. The summed E-state index contributed by atoms with van der Waals surface area (Å²) in [5, 5.41) is 0. The standard InChI is InChI=1S/C14H27/c1-2-3-4-5-8-11-14-12-9-6-7-10-13-14/h14H,1-13H2. The molecule has 0 heteroatoms. The van der Waals surface area contributed by atoms with Gasteiger partial charge in [-0.1, -0.05) is 84.0 Å². The fraction of sp³-hybridized carbons (Fsp3) is 0.929. The number of unbranched alkanes of at least 4 members (excludes halogenated alkanes) is 4. The van der Waals surface area contributed by atoms with Crippen LogP contribution in [-0.2, 0) is 0 Å². The lowest BCUT2D eigenvalue weighted by molar-refractivity contribution is 0.406. The molecule has 0 heterocycles. The molecular weight excluding hydrogens is 168 g/mol. The molecule has 0 saturated heterocycles. The quantitative estimate of drug-likeness (QED) is 0.407. The highest BCUT2D eigenvalue weighted by molar-refractivity contribution is 4.64. The van der Waals surface area contributed by atoms with Gasteiger partial charge in [0.15, 0.2) is 0 Å². The van der Waals surface area contributed by atoms with Crippen molar-refractivity contribution in [3.05, 3.63) is 6.92 Å². The lowest BCUT2D eigenvalue weighted by Gasteiger charge is -2.13. The summed E-state index contributed by atoms with van der Waals surface area (Å²) in [4.78, 5) is 0. The molecule has 0 N–H and O–H groups in total. The van der Waals surface area contributed by atoms with Crippen molar-refractivity contribution in [2.24, 2.45) is 5.92 Å². The second kappa shape index (κ2) is 8.32. The molecule has 0 atom stereocenters. The molecule has 0 nitrogen and oxygen atoms in total. The van der Waals surface area contributed by atoms with E-state index in [4.69, 9.17) is 0 Å². The minimum atomic E-state index is 1.08. The third kappa shape index (κ3) is 5.67. The van der Waals surface area contributed by atoms with Gasteiger partial charge in [0.2, 0.25) is 0 Å². The first kappa shape index (κ1) is 12.1. The van der Waals surface area contributed by atoms with E-state index in [0.717, 1.165) is 12.3 Å². The molecule has 1 aliphatic carbocycles. The van der Waals surface area contributed by atoms with E-state index in [-0.39, 0.29) is 0 Å². The van der Waals surface area contributed by atoms with Crippen LogP contribution in [0.15, 0.2) is 0 Å². The van der Waals surface area contributed by atoms with Crippen molar-refractivity contribution in [1.29, 1.82) is 0 Å². The van der Waals surface area contributed by atoms with Gasteiger partial charge in [-0.25, -0.2) is 0 Å². The van der Waals surface area contributed by atoms with Crippen LogP contribution in [0.4, 0.5) is 0 Å². The highest BCUT2D eigenvalue weighted by Crippen LogP contribution is 2.27. The predicted molar refractivity (Wildman–Crippen MR) is 64.3 cm³/mol. The van der Waals surface area contributed by atoms with Gasteiger partial charge in [0.25, 0.3) is 0 Å². The van der Waals surface area contributed by atoms with Crippen LogP contribution in [0.5, 0.6) is 0 Å². The van der Waals surface area contributed by atoms with Crippen LogP contribution in [0, 0.1) is 12.8 Å². The first-order valence-corrected chi connectivity index (χ1v) is 6.72. The van der Waals surface area contributed by atoms with Crippen molar-refractivity contribution >= 4 is 0 Å². The number of hydrogen-bond donors (Lipinski definition) is 0. The largest absolute Gasteiger partial charge is 0.0533 e. The molecular formula is C14H27. The SMILES string of the molecule is [CH2]CCCCCCC1CCCCCC1. The first-order valence-electron chi connectivity index (χ1n) is 6.72. The van der Waals surface area contributed by atoms with Gasteiger partial charge in [0.1, 0.15) is 0 Å². The summed E-state index contributed by atoms with van der Waals surface area (Å²) in [6, 6.07) is 0. The van der Waals surface area contributed by atoms with Crippen molar-refractivity contribution in [3.63, 3.8) is 0 Å². The summed E-state index contributed by atoms with van der Waals surface area (Å²) in [6.07, 6.45) is 17.4. The van der Waals surface area contributed by atoms with Crippen molar-refractivity contribution in [1.82, 2.24) is 0 Å². The van der Waals surface area contributed by atoms with E-state index < -0.39 is 0 Å². The van der Waals surface area contributed by atoms with Crippen LogP contribution in [0.1, 0.15) is 77.0 Å². The maximum Gasteiger partial charge on any atom is -0.0414 e. The van der Waals surface area contributed by atoms with E-state index in [1.165, 1.54) is 70.6 Å². The highest BCUT2D eigenvalue weighted by atomic mass is 14.2. The van der Waals surface area contributed by atoms with Crippen molar-refractivity contribution in [2.75, 3.05) is 0 Å². The lowest BCUT2D eigenvalue weighted by atomic mass is 9.93. The van der Waals surface area contributed by atoms with Crippen LogP contribution in [-0.4, -0.2) is 0 Å². The molecule has 0 unspecified atom stereocenters. The predicted octanol–water partition coefficient (Wildman–Crippen LogP) is 5.13. The van der Waals surface area contributed by atoms with E-state index in [9.17, 15) is 0 Å². The first-order chi connectivity index (χ1) is 6.93. The molecule has 0 spiro atoms. The Balaban J connectivity index is 1.93. The summed E-state index contributed by atoms with van der Waals surface area (Å²) < 4.78 is 0. The van der Waals surface area contributed by atoms with E-state index >= 15 is 0 Å². The molecule has 1 rings (SSSR count). The Kier molecular flexibility index (Phi) is 7.17. The van der Waals surface area contributed by atoms with Gasteiger partial charge < -0.3 is 0 Å². The van der Waals surface area contributed by atoms with Gasteiger partial charge in [-0.05, 0) is 5.92 Å². The summed E-state index contributed by atoms with van der Waals surface area (Å²) in [6.45, 7) is 3.89. The Labute approximate surface area is 90.5 Å². The second-order valence-corrected chi connectivity index (χ2v) is 4.91. The Morgan fingerprint density at radius 1 is 0.786 bits per heavy atom. The number of rotatable bonds is 6. The fourth-order valence-electron chi connectivity index (χ4n) is 2.62. The van der Waals surface area contributed by atoms with Gasteiger partial charge in [-0.15, -0.1) is 0 Å². The fourth-order valence-corrected chi connectivity index (χ4v) is 2.62. The summed E-state index contributed by atoms with van der Waals surface area (Å²) >= 11 is 0. The van der Waals surface area contributed by atoms with Crippen LogP contribution in [0.2, 0.25) is 0 Å². The molecule has 0 amide bonds. The zero-order valence-corrected chi connectivity index (χ0v) is 9.77. The van der Waals surface area contributed by atoms with E-state index in [1.54, 1.807) is 0 Å². The van der Waals surface area contributed by atoms with Crippen molar-refractivity contribution in [3.8, 4) is 0 Å². The molecule has 1 aliphatic rings. The Bertz CT molecular complexity index is 109. The van der Waals surface area contributed by atoms with Crippen molar-refractivity contribution in [2.45, 2.75) is 77.0 Å². The lowest BCUT2D eigenvalue weighted by Crippen LogP contribution is -1.98. The summed E-state index contributed by atoms with van der Waals surface area (Å²) in [5.74, 6) is 1.08. The van der Waals surface area contributed by atoms with E-state index in [2.05, 4.69) is 6.92 Å². The third-order valence-electron chi connectivity index (χ3n) is 3.59. The molecule has 0 aromatic rings. The van der Waals surface area contributed by atoms with Gasteiger partial charge in [0, 0.05) is 0 Å². The zero-order valence-electron chi connectivity index (χ0n) is 9.77. The Hall–Kier alpha value is 0. The maximum atomic E-state index is 3.89. The van der Waals surface area contributed by atoms with Gasteiger partial charge in [0.05, 0.1) is 0 Å². The Morgan fingerprint density at radius 2 is 1.43 bits per heavy atom. The van der Waals surface area contributed by atoms with Crippen LogP contribution in [0.25, 0.3) is 0 Å². The normalized spacial score (nSPS) is 19.5. The molecule has 83 valence electrons. The molecule has 1 saturated carbocycles. The van der Waals surface area contributed by atoms with Crippen LogP contribution in [0.3, 0.4) is 0 Å². The van der Waals surface area contributed by atoms with E-state index in [1.807, 2.05) is 0 Å². The minimum Gasteiger partial charge on any atom is -0.0533 e. The van der Waals surface area contributed by atoms with Crippen LogP contribution < -0.4 is 0 Å². The molecule has 0 bridgehead atoms. The molecule has 0 aliphatic heterocycles. The zero-order chi connectivity index (χ0) is 10.1. The second-order valence-electron chi connectivity index (χ2n) is 4.91. The highest BCUT2D eigenvalue weighted by Gasteiger charge is 2.11. The van der Waals surface area contributed by atoms with Crippen molar-refractivity contribution < 1.29 is 0 Å². The number of hydrogen-bond acceptors (Lipinski definition) is 0. The monoisotopic (exact) mass is 195 g/mol. The van der Waals surface area contributed by atoms with Gasteiger partial charge in [-0.3, -0.25) is 0 Å². The topological polar surface area (TPSA) is 0 Å². The molecule has 1 fully saturated rings. The molecule has 0 aromatic carbocycles. The third-order valence-corrected chi connectivity index (χ3v) is 3.59. The van der Waals surface area contributed by atoms with Gasteiger partial charge >= 0.3 is 0 Å². The molecule has 0 aromatic heterocycles. The maximum absolute atomic E-state index is 3.89. The average molecular weight is 195 g/mol. The van der Waals surface area contributed by atoms with E-state index in [0.29, 0.717) is 0 Å². The van der Waals surface area contributed by atoms with Crippen LogP contribution >= 0.6 is 0 Å².